The first-order chi connectivity index (χ1) is 8.18. The Morgan fingerprint density at radius 3 is 2.17 bits per heavy atom. The van der Waals surface area contributed by atoms with Crippen LogP contribution >= 0.6 is 0 Å². The SMILES string of the molecule is O=C([O-])C(=O)N1CCC(c2ccccc2)CC1.[Na+]. The van der Waals surface area contributed by atoms with Crippen LogP contribution in [0, 0.1) is 0 Å². The Labute approximate surface area is 128 Å². The number of piperidine rings is 1. The third kappa shape index (κ3) is 3.57. The molecule has 90 valence electrons. The number of rotatable bonds is 1. The molecule has 18 heavy (non-hydrogen) atoms. The maximum atomic E-state index is 11.2. The molecular formula is C13H14NNaO3. The van der Waals surface area contributed by atoms with Gasteiger partial charge in [-0.3, -0.25) is 4.79 Å². The molecule has 0 radical (unpaired) electrons. The van der Waals surface area contributed by atoms with Crippen LogP contribution in [0.5, 0.6) is 0 Å². The second-order valence-electron chi connectivity index (χ2n) is 4.26. The third-order valence-electron chi connectivity index (χ3n) is 3.23. The summed E-state index contributed by atoms with van der Waals surface area (Å²) in [5.41, 5.74) is 1.26. The summed E-state index contributed by atoms with van der Waals surface area (Å²) in [7, 11) is 0. The van der Waals surface area contributed by atoms with Gasteiger partial charge in [0.1, 0.15) is 5.97 Å². The van der Waals surface area contributed by atoms with Crippen molar-refractivity contribution in [2.24, 2.45) is 0 Å². The summed E-state index contributed by atoms with van der Waals surface area (Å²) in [5.74, 6) is -2.08. The Hall–Kier alpha value is -0.840. The van der Waals surface area contributed by atoms with Crippen LogP contribution < -0.4 is 34.7 Å². The molecule has 1 aromatic carbocycles. The number of aliphatic carboxylic acids is 1. The molecule has 1 fully saturated rings. The smallest absolute Gasteiger partial charge is 0.540 e. The zero-order valence-corrected chi connectivity index (χ0v) is 12.5. The number of hydrogen-bond donors (Lipinski definition) is 0. The molecule has 0 bridgehead atoms. The standard InChI is InChI=1S/C13H15NO3.Na/c15-12(13(16)17)14-8-6-11(7-9-14)10-4-2-1-3-5-10;/h1-5,11H,6-9H2,(H,16,17);/q;+1/p-1. The molecule has 1 aromatic rings. The van der Waals surface area contributed by atoms with Crippen molar-refractivity contribution in [2.75, 3.05) is 13.1 Å². The molecule has 0 aromatic heterocycles. The van der Waals surface area contributed by atoms with E-state index in [4.69, 9.17) is 0 Å². The van der Waals surface area contributed by atoms with Gasteiger partial charge in [0, 0.05) is 13.1 Å². The second kappa shape index (κ2) is 6.92. The van der Waals surface area contributed by atoms with E-state index in [9.17, 15) is 14.7 Å². The number of nitrogens with zero attached hydrogens (tertiary/aromatic N) is 1. The molecule has 0 saturated carbocycles. The minimum absolute atomic E-state index is 0. The van der Waals surface area contributed by atoms with E-state index in [1.165, 1.54) is 10.5 Å². The van der Waals surface area contributed by atoms with Gasteiger partial charge in [-0.15, -0.1) is 0 Å². The molecule has 4 nitrogen and oxygen atoms in total. The van der Waals surface area contributed by atoms with Gasteiger partial charge in [-0.25, -0.2) is 0 Å². The average Bonchev–Trinajstić information content (AvgIpc) is 2.39. The largest absolute Gasteiger partial charge is 1.00 e. The molecule has 2 rings (SSSR count). The van der Waals surface area contributed by atoms with E-state index in [0.717, 1.165) is 12.8 Å². The number of carbonyl (C=O) groups is 2. The van der Waals surface area contributed by atoms with Gasteiger partial charge in [0.2, 0.25) is 0 Å². The van der Waals surface area contributed by atoms with Gasteiger partial charge in [0.15, 0.2) is 0 Å². The number of carboxylic acid groups (broad SMARTS) is 1. The number of carboxylic acids is 1. The molecule has 1 saturated heterocycles. The van der Waals surface area contributed by atoms with E-state index in [2.05, 4.69) is 12.1 Å². The van der Waals surface area contributed by atoms with Crippen LogP contribution in [-0.2, 0) is 9.59 Å². The molecule has 1 amide bonds. The van der Waals surface area contributed by atoms with Crippen LogP contribution in [-0.4, -0.2) is 29.9 Å². The van der Waals surface area contributed by atoms with Crippen molar-refractivity contribution in [2.45, 2.75) is 18.8 Å². The van der Waals surface area contributed by atoms with E-state index in [1.54, 1.807) is 0 Å². The predicted octanol–water partition coefficient (Wildman–Crippen LogP) is -2.85. The average molecular weight is 255 g/mol. The molecule has 1 heterocycles. The number of benzene rings is 1. The van der Waals surface area contributed by atoms with Crippen molar-refractivity contribution in [1.29, 1.82) is 0 Å². The van der Waals surface area contributed by atoms with Gasteiger partial charge < -0.3 is 14.8 Å². The van der Waals surface area contributed by atoms with E-state index >= 15 is 0 Å². The monoisotopic (exact) mass is 255 g/mol. The molecule has 1 aliphatic heterocycles. The first-order valence-corrected chi connectivity index (χ1v) is 5.73. The summed E-state index contributed by atoms with van der Waals surface area (Å²) in [5, 5.41) is 10.4. The van der Waals surface area contributed by atoms with Crippen molar-refractivity contribution in [3.8, 4) is 0 Å². The van der Waals surface area contributed by atoms with Crippen LogP contribution in [0.15, 0.2) is 30.3 Å². The van der Waals surface area contributed by atoms with E-state index in [0.29, 0.717) is 19.0 Å². The van der Waals surface area contributed by atoms with Gasteiger partial charge in [-0.1, -0.05) is 30.3 Å². The van der Waals surface area contributed by atoms with Gasteiger partial charge in [0.25, 0.3) is 5.91 Å². The Kier molecular flexibility index (Phi) is 5.85. The normalized spacial score (nSPS) is 15.9. The minimum Gasteiger partial charge on any atom is -0.540 e. The molecule has 0 aliphatic carbocycles. The zero-order chi connectivity index (χ0) is 12.3. The quantitative estimate of drug-likeness (QED) is 0.401. The second-order valence-corrected chi connectivity index (χ2v) is 4.26. The Bertz CT molecular complexity index is 414. The van der Waals surface area contributed by atoms with Crippen molar-refractivity contribution >= 4 is 11.9 Å². The summed E-state index contributed by atoms with van der Waals surface area (Å²) in [6, 6.07) is 10.1. The predicted molar refractivity (Wildman–Crippen MR) is 60.0 cm³/mol. The first kappa shape index (κ1) is 15.2. The molecule has 1 aliphatic rings. The molecule has 0 unspecified atom stereocenters. The number of hydrogen-bond acceptors (Lipinski definition) is 3. The molecule has 5 heteroatoms. The zero-order valence-electron chi connectivity index (χ0n) is 10.5. The molecule has 0 spiro atoms. The van der Waals surface area contributed by atoms with Crippen LogP contribution in [0.4, 0.5) is 0 Å². The number of likely N-dealkylation sites (tertiary alicyclic amines) is 1. The Balaban J connectivity index is 0.00000162. The third-order valence-corrected chi connectivity index (χ3v) is 3.23. The first-order valence-electron chi connectivity index (χ1n) is 5.73. The van der Waals surface area contributed by atoms with E-state index < -0.39 is 11.9 Å². The van der Waals surface area contributed by atoms with E-state index in [-0.39, 0.29) is 29.6 Å². The van der Waals surface area contributed by atoms with Gasteiger partial charge >= 0.3 is 29.6 Å². The van der Waals surface area contributed by atoms with Crippen LogP contribution in [0.2, 0.25) is 0 Å². The minimum atomic E-state index is -1.61. The number of carbonyl (C=O) groups excluding carboxylic acids is 2. The summed E-state index contributed by atoms with van der Waals surface area (Å²) >= 11 is 0. The summed E-state index contributed by atoms with van der Waals surface area (Å²) < 4.78 is 0. The number of amides is 1. The summed E-state index contributed by atoms with van der Waals surface area (Å²) in [4.78, 5) is 23.0. The summed E-state index contributed by atoms with van der Waals surface area (Å²) in [6.07, 6.45) is 1.62. The van der Waals surface area contributed by atoms with Crippen LogP contribution in [0.1, 0.15) is 24.3 Å². The van der Waals surface area contributed by atoms with Gasteiger partial charge in [-0.05, 0) is 24.3 Å². The Morgan fingerprint density at radius 2 is 1.67 bits per heavy atom. The molecule has 0 N–H and O–H groups in total. The van der Waals surface area contributed by atoms with Crippen LogP contribution in [0.3, 0.4) is 0 Å². The van der Waals surface area contributed by atoms with Crippen molar-refractivity contribution < 1.29 is 44.3 Å². The molecular weight excluding hydrogens is 241 g/mol. The Morgan fingerprint density at radius 1 is 1.11 bits per heavy atom. The van der Waals surface area contributed by atoms with Crippen molar-refractivity contribution in [3.63, 3.8) is 0 Å². The topological polar surface area (TPSA) is 60.4 Å². The van der Waals surface area contributed by atoms with Crippen molar-refractivity contribution in [3.05, 3.63) is 35.9 Å². The van der Waals surface area contributed by atoms with Crippen LogP contribution in [0.25, 0.3) is 0 Å². The maximum absolute atomic E-state index is 11.2. The fraction of sp³-hybridized carbons (Fsp3) is 0.385. The fourth-order valence-corrected chi connectivity index (χ4v) is 2.27. The summed E-state index contributed by atoms with van der Waals surface area (Å²) in [6.45, 7) is 0.985. The van der Waals surface area contributed by atoms with Gasteiger partial charge in [-0.2, -0.15) is 0 Å². The van der Waals surface area contributed by atoms with Crippen molar-refractivity contribution in [1.82, 2.24) is 4.90 Å². The van der Waals surface area contributed by atoms with Gasteiger partial charge in [0.05, 0.1) is 0 Å². The fourth-order valence-electron chi connectivity index (χ4n) is 2.27. The molecule has 0 atom stereocenters. The maximum Gasteiger partial charge on any atom is 1.00 e. The van der Waals surface area contributed by atoms with E-state index in [1.807, 2.05) is 18.2 Å².